The third kappa shape index (κ3) is 3.47. The molecule has 1 aromatic rings. The highest BCUT2D eigenvalue weighted by molar-refractivity contribution is 5.46. The summed E-state index contributed by atoms with van der Waals surface area (Å²) in [6.07, 6.45) is 6.81. The average molecular weight is 232 g/mol. The topological polar surface area (TPSA) is 38.0 Å². The Hall–Kier alpha value is -1.02. The minimum absolute atomic E-state index is 0.442. The summed E-state index contributed by atoms with van der Waals surface area (Å²) in [5, 5.41) is 3.61. The molecule has 1 fully saturated rings. The minimum atomic E-state index is 0.442. The molecule has 1 atom stereocenters. The number of nitrogens with one attached hydrogen (secondary N) is 1. The summed E-state index contributed by atoms with van der Waals surface area (Å²) in [6.45, 7) is 2.86. The van der Waals surface area contributed by atoms with E-state index in [0.717, 1.165) is 12.5 Å². The van der Waals surface area contributed by atoms with E-state index in [1.54, 1.807) is 0 Å². The molecule has 0 spiro atoms. The van der Waals surface area contributed by atoms with Crippen LogP contribution in [0.3, 0.4) is 0 Å². The molecular formula is C15H24N2. The number of aryl methyl sites for hydroxylation is 1. The quantitative estimate of drug-likeness (QED) is 0.835. The van der Waals surface area contributed by atoms with Gasteiger partial charge in [-0.1, -0.05) is 31.4 Å². The SMILES string of the molecule is Cc1cccc(NC(CN)C2CCCCC2)c1. The molecule has 1 aliphatic carbocycles. The standard InChI is InChI=1S/C15H24N2/c1-12-6-5-9-14(10-12)17-15(11-16)13-7-3-2-4-8-13/h5-6,9-10,13,15,17H,2-4,7-8,11,16H2,1H3. The zero-order valence-electron chi connectivity index (χ0n) is 10.8. The lowest BCUT2D eigenvalue weighted by Gasteiger charge is -2.30. The molecule has 94 valence electrons. The second-order valence-corrected chi connectivity index (χ2v) is 5.25. The van der Waals surface area contributed by atoms with Crippen molar-refractivity contribution in [3.05, 3.63) is 29.8 Å². The van der Waals surface area contributed by atoms with Crippen molar-refractivity contribution in [2.45, 2.75) is 45.1 Å². The lowest BCUT2D eigenvalue weighted by Crippen LogP contribution is -2.37. The van der Waals surface area contributed by atoms with Crippen molar-refractivity contribution in [2.75, 3.05) is 11.9 Å². The molecule has 17 heavy (non-hydrogen) atoms. The fraction of sp³-hybridized carbons (Fsp3) is 0.600. The first-order valence-corrected chi connectivity index (χ1v) is 6.83. The predicted octanol–water partition coefficient (Wildman–Crippen LogP) is 3.31. The van der Waals surface area contributed by atoms with Crippen LogP contribution < -0.4 is 11.1 Å². The van der Waals surface area contributed by atoms with Gasteiger partial charge in [0.15, 0.2) is 0 Å². The molecule has 0 bridgehead atoms. The molecule has 0 heterocycles. The summed E-state index contributed by atoms with van der Waals surface area (Å²) in [4.78, 5) is 0. The fourth-order valence-corrected chi connectivity index (χ4v) is 2.85. The van der Waals surface area contributed by atoms with Gasteiger partial charge in [-0.3, -0.25) is 0 Å². The second kappa shape index (κ2) is 6.06. The van der Waals surface area contributed by atoms with E-state index in [0.29, 0.717) is 6.04 Å². The van der Waals surface area contributed by atoms with Crippen molar-refractivity contribution >= 4 is 5.69 Å². The number of benzene rings is 1. The Kier molecular flexibility index (Phi) is 4.43. The maximum atomic E-state index is 5.93. The third-order valence-corrected chi connectivity index (χ3v) is 3.84. The zero-order valence-corrected chi connectivity index (χ0v) is 10.8. The fourth-order valence-electron chi connectivity index (χ4n) is 2.85. The Labute approximate surface area is 105 Å². The van der Waals surface area contributed by atoms with Crippen LogP contribution in [0, 0.1) is 12.8 Å². The van der Waals surface area contributed by atoms with Crippen LogP contribution in [0.5, 0.6) is 0 Å². The van der Waals surface area contributed by atoms with Gasteiger partial charge in [-0.05, 0) is 43.4 Å². The molecule has 1 aliphatic rings. The van der Waals surface area contributed by atoms with Gasteiger partial charge in [0.05, 0.1) is 0 Å². The molecule has 0 aromatic heterocycles. The number of nitrogens with two attached hydrogens (primary N) is 1. The largest absolute Gasteiger partial charge is 0.381 e. The Morgan fingerprint density at radius 2 is 2.06 bits per heavy atom. The molecular weight excluding hydrogens is 208 g/mol. The van der Waals surface area contributed by atoms with E-state index in [1.807, 2.05) is 0 Å². The van der Waals surface area contributed by atoms with Crippen molar-refractivity contribution < 1.29 is 0 Å². The maximum Gasteiger partial charge on any atom is 0.0411 e. The second-order valence-electron chi connectivity index (χ2n) is 5.25. The van der Waals surface area contributed by atoms with Gasteiger partial charge in [0.25, 0.3) is 0 Å². The first-order chi connectivity index (χ1) is 8.29. The van der Waals surface area contributed by atoms with E-state index in [4.69, 9.17) is 5.73 Å². The van der Waals surface area contributed by atoms with E-state index in [1.165, 1.54) is 43.4 Å². The highest BCUT2D eigenvalue weighted by atomic mass is 14.9. The Morgan fingerprint density at radius 1 is 1.29 bits per heavy atom. The van der Waals surface area contributed by atoms with Gasteiger partial charge in [-0.15, -0.1) is 0 Å². The van der Waals surface area contributed by atoms with Gasteiger partial charge in [-0.25, -0.2) is 0 Å². The number of rotatable bonds is 4. The molecule has 2 rings (SSSR count). The highest BCUT2D eigenvalue weighted by Gasteiger charge is 2.22. The van der Waals surface area contributed by atoms with Crippen LogP contribution in [0.25, 0.3) is 0 Å². The van der Waals surface area contributed by atoms with Crippen LogP contribution in [-0.4, -0.2) is 12.6 Å². The van der Waals surface area contributed by atoms with Crippen LogP contribution in [0.15, 0.2) is 24.3 Å². The maximum absolute atomic E-state index is 5.93. The summed E-state index contributed by atoms with van der Waals surface area (Å²) >= 11 is 0. The van der Waals surface area contributed by atoms with Crippen LogP contribution >= 0.6 is 0 Å². The van der Waals surface area contributed by atoms with Crippen molar-refractivity contribution in [3.8, 4) is 0 Å². The van der Waals surface area contributed by atoms with Gasteiger partial charge >= 0.3 is 0 Å². The summed E-state index contributed by atoms with van der Waals surface area (Å²) in [5.41, 5.74) is 8.44. The van der Waals surface area contributed by atoms with Gasteiger partial charge in [0.1, 0.15) is 0 Å². The molecule has 2 nitrogen and oxygen atoms in total. The van der Waals surface area contributed by atoms with Crippen LogP contribution in [0.4, 0.5) is 5.69 Å². The van der Waals surface area contributed by atoms with Gasteiger partial charge in [0, 0.05) is 18.3 Å². The smallest absolute Gasteiger partial charge is 0.0411 e. The summed E-state index contributed by atoms with van der Waals surface area (Å²) < 4.78 is 0. The molecule has 0 amide bonds. The van der Waals surface area contributed by atoms with E-state index >= 15 is 0 Å². The number of hydrogen-bond acceptors (Lipinski definition) is 2. The molecule has 3 N–H and O–H groups in total. The Balaban J connectivity index is 1.98. The zero-order chi connectivity index (χ0) is 12.1. The minimum Gasteiger partial charge on any atom is -0.381 e. The predicted molar refractivity (Wildman–Crippen MR) is 74.2 cm³/mol. The molecule has 1 unspecified atom stereocenters. The third-order valence-electron chi connectivity index (χ3n) is 3.84. The van der Waals surface area contributed by atoms with Gasteiger partial charge < -0.3 is 11.1 Å². The van der Waals surface area contributed by atoms with E-state index in [-0.39, 0.29) is 0 Å². The van der Waals surface area contributed by atoms with E-state index in [9.17, 15) is 0 Å². The van der Waals surface area contributed by atoms with Crippen LogP contribution in [0.2, 0.25) is 0 Å². The average Bonchev–Trinajstić information content (AvgIpc) is 2.37. The molecule has 0 aliphatic heterocycles. The summed E-state index contributed by atoms with van der Waals surface area (Å²) in [6, 6.07) is 9.01. The van der Waals surface area contributed by atoms with Gasteiger partial charge in [0.2, 0.25) is 0 Å². The lowest BCUT2D eigenvalue weighted by atomic mass is 9.84. The lowest BCUT2D eigenvalue weighted by molar-refractivity contribution is 0.320. The molecule has 1 aromatic carbocycles. The van der Waals surface area contributed by atoms with Gasteiger partial charge in [-0.2, -0.15) is 0 Å². The number of hydrogen-bond donors (Lipinski definition) is 2. The van der Waals surface area contributed by atoms with E-state index < -0.39 is 0 Å². The van der Waals surface area contributed by atoms with Crippen LogP contribution in [-0.2, 0) is 0 Å². The molecule has 0 radical (unpaired) electrons. The first-order valence-electron chi connectivity index (χ1n) is 6.83. The van der Waals surface area contributed by atoms with Crippen molar-refractivity contribution in [1.82, 2.24) is 0 Å². The van der Waals surface area contributed by atoms with E-state index in [2.05, 4.69) is 36.5 Å². The highest BCUT2D eigenvalue weighted by Crippen LogP contribution is 2.28. The van der Waals surface area contributed by atoms with Crippen molar-refractivity contribution in [1.29, 1.82) is 0 Å². The summed E-state index contributed by atoms with van der Waals surface area (Å²) in [7, 11) is 0. The molecule has 0 saturated heterocycles. The Morgan fingerprint density at radius 3 is 2.71 bits per heavy atom. The Bertz CT molecular complexity index is 343. The monoisotopic (exact) mass is 232 g/mol. The normalized spacial score (nSPS) is 18.9. The summed E-state index contributed by atoms with van der Waals surface area (Å²) in [5.74, 6) is 0.759. The van der Waals surface area contributed by atoms with Crippen LogP contribution in [0.1, 0.15) is 37.7 Å². The van der Waals surface area contributed by atoms with Crippen molar-refractivity contribution in [3.63, 3.8) is 0 Å². The first kappa shape index (κ1) is 12.4. The van der Waals surface area contributed by atoms with Crippen molar-refractivity contribution in [2.24, 2.45) is 11.7 Å². The molecule has 2 heteroatoms. The number of anilines is 1. The molecule has 1 saturated carbocycles.